The standard InChI is InChI=1S/C25H32N4O3/c1-5-6-13-29-22-21(11-8-12-26-22)32-25(4,24(29)31)23(30)28-16-14-27(15-17-28)20-10-7-9-18(2)19(20)3/h7-12H,5-6,13-17H2,1-4H3/t25-/m1/s1. The Labute approximate surface area is 190 Å². The predicted molar refractivity (Wildman–Crippen MR) is 125 cm³/mol. The minimum atomic E-state index is -1.58. The summed E-state index contributed by atoms with van der Waals surface area (Å²) in [6.07, 6.45) is 3.42. The molecule has 2 aromatic rings. The molecule has 32 heavy (non-hydrogen) atoms. The van der Waals surface area contributed by atoms with Crippen molar-refractivity contribution in [1.29, 1.82) is 0 Å². The molecule has 7 nitrogen and oxygen atoms in total. The predicted octanol–water partition coefficient (Wildman–Crippen LogP) is 3.33. The molecular weight excluding hydrogens is 404 g/mol. The SMILES string of the molecule is CCCCN1C(=O)[C@@](C)(C(=O)N2CCN(c3cccc(C)c3C)CC2)Oc2cccnc21. The van der Waals surface area contributed by atoms with E-state index in [9.17, 15) is 9.59 Å². The van der Waals surface area contributed by atoms with E-state index in [-0.39, 0.29) is 11.8 Å². The van der Waals surface area contributed by atoms with E-state index in [2.05, 4.69) is 48.9 Å². The first-order valence-electron chi connectivity index (χ1n) is 11.4. The van der Waals surface area contributed by atoms with E-state index in [1.165, 1.54) is 16.8 Å². The fraction of sp³-hybridized carbons (Fsp3) is 0.480. The first kappa shape index (κ1) is 22.1. The van der Waals surface area contributed by atoms with Gasteiger partial charge in [0.25, 0.3) is 17.4 Å². The zero-order chi connectivity index (χ0) is 22.9. The molecule has 1 atom stereocenters. The van der Waals surface area contributed by atoms with E-state index >= 15 is 0 Å². The van der Waals surface area contributed by atoms with Crippen LogP contribution in [0.2, 0.25) is 0 Å². The van der Waals surface area contributed by atoms with E-state index in [1.54, 1.807) is 35.1 Å². The number of carbonyl (C=O) groups is 2. The van der Waals surface area contributed by atoms with Gasteiger partial charge in [-0.1, -0.05) is 25.5 Å². The Hall–Kier alpha value is -3.09. The number of hydrogen-bond acceptors (Lipinski definition) is 5. The Bertz CT molecular complexity index is 1020. The van der Waals surface area contributed by atoms with Crippen molar-refractivity contribution in [3.8, 4) is 5.75 Å². The number of anilines is 2. The minimum Gasteiger partial charge on any atom is -0.464 e. The largest absolute Gasteiger partial charge is 0.464 e. The van der Waals surface area contributed by atoms with Crippen molar-refractivity contribution in [2.75, 3.05) is 42.5 Å². The van der Waals surface area contributed by atoms with Crippen LogP contribution in [-0.4, -0.2) is 60.0 Å². The van der Waals surface area contributed by atoms with E-state index < -0.39 is 5.60 Å². The zero-order valence-corrected chi connectivity index (χ0v) is 19.4. The average molecular weight is 437 g/mol. The highest BCUT2D eigenvalue weighted by molar-refractivity contribution is 6.16. The zero-order valence-electron chi connectivity index (χ0n) is 19.4. The summed E-state index contributed by atoms with van der Waals surface area (Å²) in [6.45, 7) is 11.0. The van der Waals surface area contributed by atoms with Gasteiger partial charge < -0.3 is 14.5 Å². The lowest BCUT2D eigenvalue weighted by molar-refractivity contribution is -0.156. The van der Waals surface area contributed by atoms with Crippen LogP contribution in [0.3, 0.4) is 0 Å². The van der Waals surface area contributed by atoms with Crippen molar-refractivity contribution >= 4 is 23.3 Å². The quantitative estimate of drug-likeness (QED) is 0.673. The topological polar surface area (TPSA) is 66.0 Å². The number of carbonyl (C=O) groups excluding carboxylic acids is 2. The highest BCUT2D eigenvalue weighted by Gasteiger charge is 2.53. The number of rotatable bonds is 5. The Morgan fingerprint density at radius 1 is 1.12 bits per heavy atom. The van der Waals surface area contributed by atoms with Crippen molar-refractivity contribution < 1.29 is 14.3 Å². The van der Waals surface area contributed by atoms with Crippen LogP contribution in [0.5, 0.6) is 5.75 Å². The van der Waals surface area contributed by atoms with Gasteiger partial charge in [0.1, 0.15) is 0 Å². The maximum atomic E-state index is 13.6. The lowest BCUT2D eigenvalue weighted by Gasteiger charge is -2.43. The second kappa shape index (κ2) is 8.81. The van der Waals surface area contributed by atoms with Gasteiger partial charge in [-0.15, -0.1) is 0 Å². The molecule has 0 radical (unpaired) electrons. The number of hydrogen-bond donors (Lipinski definition) is 0. The van der Waals surface area contributed by atoms with Gasteiger partial charge in [0.2, 0.25) is 0 Å². The van der Waals surface area contributed by atoms with Gasteiger partial charge in [-0.05, 0) is 56.5 Å². The van der Waals surface area contributed by atoms with E-state index in [1.807, 2.05) is 0 Å². The summed E-state index contributed by atoms with van der Waals surface area (Å²) in [5.74, 6) is 0.363. The molecule has 0 saturated carbocycles. The summed E-state index contributed by atoms with van der Waals surface area (Å²) >= 11 is 0. The summed E-state index contributed by atoms with van der Waals surface area (Å²) in [5.41, 5.74) is 2.15. The number of piperazine rings is 1. The number of aryl methyl sites for hydroxylation is 1. The van der Waals surface area contributed by atoms with Crippen molar-refractivity contribution in [2.24, 2.45) is 0 Å². The Morgan fingerprint density at radius 2 is 1.88 bits per heavy atom. The molecule has 1 aromatic carbocycles. The third-order valence-corrected chi connectivity index (χ3v) is 6.60. The minimum absolute atomic E-state index is 0.279. The van der Waals surface area contributed by atoms with Crippen LogP contribution < -0.4 is 14.5 Å². The maximum absolute atomic E-state index is 13.6. The summed E-state index contributed by atoms with van der Waals surface area (Å²) in [6, 6.07) is 9.85. The molecule has 1 saturated heterocycles. The lowest BCUT2D eigenvalue weighted by atomic mass is 9.99. The number of amides is 2. The average Bonchev–Trinajstić information content (AvgIpc) is 2.81. The van der Waals surface area contributed by atoms with Gasteiger partial charge in [0, 0.05) is 44.6 Å². The third kappa shape index (κ3) is 3.80. The fourth-order valence-corrected chi connectivity index (χ4v) is 4.47. The van der Waals surface area contributed by atoms with E-state index in [0.717, 1.165) is 25.9 Å². The van der Waals surface area contributed by atoms with E-state index in [4.69, 9.17) is 4.74 Å². The summed E-state index contributed by atoms with van der Waals surface area (Å²) in [5, 5.41) is 0. The highest BCUT2D eigenvalue weighted by atomic mass is 16.5. The molecular formula is C25H32N4O3. The lowest BCUT2D eigenvalue weighted by Crippen LogP contribution is -2.65. The number of unbranched alkanes of at least 4 members (excludes halogenated alkanes) is 1. The maximum Gasteiger partial charge on any atom is 0.282 e. The van der Waals surface area contributed by atoms with Crippen molar-refractivity contribution in [3.05, 3.63) is 47.7 Å². The molecule has 2 amide bonds. The molecule has 3 heterocycles. The number of nitrogens with zero attached hydrogens (tertiary/aromatic N) is 4. The Balaban J connectivity index is 1.53. The highest BCUT2D eigenvalue weighted by Crippen LogP contribution is 2.37. The fourth-order valence-electron chi connectivity index (χ4n) is 4.47. The van der Waals surface area contributed by atoms with Gasteiger partial charge in [-0.3, -0.25) is 14.5 Å². The van der Waals surface area contributed by atoms with Crippen LogP contribution in [0.15, 0.2) is 36.5 Å². The van der Waals surface area contributed by atoms with Crippen LogP contribution in [0.25, 0.3) is 0 Å². The molecule has 0 aliphatic carbocycles. The number of pyridine rings is 1. The molecule has 0 bridgehead atoms. The van der Waals surface area contributed by atoms with Crippen LogP contribution in [0.1, 0.15) is 37.8 Å². The summed E-state index contributed by atoms with van der Waals surface area (Å²) < 4.78 is 6.04. The second-order valence-corrected chi connectivity index (χ2v) is 8.77. The number of benzene rings is 1. The van der Waals surface area contributed by atoms with E-state index in [0.29, 0.717) is 31.2 Å². The van der Waals surface area contributed by atoms with Gasteiger partial charge in [0.05, 0.1) is 0 Å². The van der Waals surface area contributed by atoms with Gasteiger partial charge in [-0.25, -0.2) is 4.98 Å². The number of fused-ring (bicyclic) bond motifs is 1. The van der Waals surface area contributed by atoms with Gasteiger partial charge >= 0.3 is 0 Å². The molecule has 1 fully saturated rings. The second-order valence-electron chi connectivity index (χ2n) is 8.77. The van der Waals surface area contributed by atoms with Crippen LogP contribution in [0, 0.1) is 13.8 Å². The molecule has 170 valence electrons. The molecule has 7 heteroatoms. The number of ether oxygens (including phenoxy) is 1. The first-order chi connectivity index (χ1) is 15.4. The molecule has 4 rings (SSSR count). The van der Waals surface area contributed by atoms with Gasteiger partial charge in [-0.2, -0.15) is 0 Å². The number of aromatic nitrogens is 1. The molecule has 2 aliphatic heterocycles. The van der Waals surface area contributed by atoms with Crippen molar-refractivity contribution in [1.82, 2.24) is 9.88 Å². The Morgan fingerprint density at radius 3 is 2.59 bits per heavy atom. The monoisotopic (exact) mass is 436 g/mol. The molecule has 0 spiro atoms. The van der Waals surface area contributed by atoms with Crippen LogP contribution in [-0.2, 0) is 9.59 Å². The van der Waals surface area contributed by atoms with Gasteiger partial charge in [0.15, 0.2) is 11.6 Å². The van der Waals surface area contributed by atoms with Crippen LogP contribution in [0.4, 0.5) is 11.5 Å². The molecule has 1 aromatic heterocycles. The van der Waals surface area contributed by atoms with Crippen molar-refractivity contribution in [3.63, 3.8) is 0 Å². The summed E-state index contributed by atoms with van der Waals surface area (Å²) in [7, 11) is 0. The molecule has 2 aliphatic rings. The first-order valence-corrected chi connectivity index (χ1v) is 11.4. The molecule has 0 unspecified atom stereocenters. The third-order valence-electron chi connectivity index (χ3n) is 6.60. The smallest absolute Gasteiger partial charge is 0.282 e. The molecule has 0 N–H and O–H groups in total. The normalized spacial score (nSPS) is 20.8. The van der Waals surface area contributed by atoms with Crippen molar-refractivity contribution in [2.45, 2.75) is 46.1 Å². The van der Waals surface area contributed by atoms with Crippen LogP contribution >= 0.6 is 0 Å². The summed E-state index contributed by atoms with van der Waals surface area (Å²) in [4.78, 5) is 37.1. The Kier molecular flexibility index (Phi) is 6.09.